The number of rotatable bonds is 6. The first-order valence-corrected chi connectivity index (χ1v) is 6.61. The first-order valence-electron chi connectivity index (χ1n) is 5.81. The van der Waals surface area contributed by atoms with Gasteiger partial charge in [-0.25, -0.2) is 4.39 Å². The van der Waals surface area contributed by atoms with Gasteiger partial charge in [0.2, 0.25) is 0 Å². The lowest BCUT2D eigenvalue weighted by atomic mass is 9.93. The minimum atomic E-state index is -0.885. The first-order chi connectivity index (χ1) is 7.94. The zero-order valence-corrected chi connectivity index (χ0v) is 11.8. The fraction of sp³-hybridized carbons (Fsp3) is 0.538. The van der Waals surface area contributed by atoms with Gasteiger partial charge in [0, 0.05) is 10.9 Å². The van der Waals surface area contributed by atoms with Crippen molar-refractivity contribution in [2.75, 3.05) is 13.1 Å². The van der Waals surface area contributed by atoms with Gasteiger partial charge in [0.05, 0.1) is 5.60 Å². The van der Waals surface area contributed by atoms with E-state index in [-0.39, 0.29) is 5.82 Å². The highest BCUT2D eigenvalue weighted by atomic mass is 79.9. The lowest BCUT2D eigenvalue weighted by Gasteiger charge is -2.23. The molecule has 17 heavy (non-hydrogen) atoms. The minimum Gasteiger partial charge on any atom is -0.390 e. The van der Waals surface area contributed by atoms with Gasteiger partial charge in [-0.2, -0.15) is 0 Å². The Morgan fingerprint density at radius 3 is 2.82 bits per heavy atom. The van der Waals surface area contributed by atoms with E-state index in [9.17, 15) is 9.50 Å². The Hall–Kier alpha value is -0.450. The van der Waals surface area contributed by atoms with E-state index in [4.69, 9.17) is 0 Å². The van der Waals surface area contributed by atoms with E-state index >= 15 is 0 Å². The quantitative estimate of drug-likeness (QED) is 0.792. The van der Waals surface area contributed by atoms with Gasteiger partial charge in [-0.05, 0) is 50.2 Å². The van der Waals surface area contributed by atoms with Crippen LogP contribution in [0.15, 0.2) is 22.7 Å². The molecular weight excluding hydrogens is 285 g/mol. The summed E-state index contributed by atoms with van der Waals surface area (Å²) >= 11 is 3.31. The van der Waals surface area contributed by atoms with Gasteiger partial charge in [0.25, 0.3) is 0 Å². The largest absolute Gasteiger partial charge is 0.390 e. The van der Waals surface area contributed by atoms with Gasteiger partial charge in [-0.1, -0.05) is 22.9 Å². The number of hydrogen-bond acceptors (Lipinski definition) is 2. The summed E-state index contributed by atoms with van der Waals surface area (Å²) < 4.78 is 14.4. The van der Waals surface area contributed by atoms with Crippen LogP contribution in [0.4, 0.5) is 4.39 Å². The molecule has 0 bridgehead atoms. The van der Waals surface area contributed by atoms with Crippen molar-refractivity contribution >= 4 is 15.9 Å². The van der Waals surface area contributed by atoms with Gasteiger partial charge >= 0.3 is 0 Å². The number of nitrogens with one attached hydrogen (secondary N) is 1. The topological polar surface area (TPSA) is 32.3 Å². The van der Waals surface area contributed by atoms with Crippen molar-refractivity contribution in [1.29, 1.82) is 0 Å². The van der Waals surface area contributed by atoms with Gasteiger partial charge < -0.3 is 10.4 Å². The van der Waals surface area contributed by atoms with Crippen LogP contribution >= 0.6 is 15.9 Å². The van der Waals surface area contributed by atoms with Crippen LogP contribution in [-0.4, -0.2) is 23.8 Å². The van der Waals surface area contributed by atoms with Gasteiger partial charge in [-0.15, -0.1) is 0 Å². The molecule has 0 fully saturated rings. The van der Waals surface area contributed by atoms with Crippen LogP contribution in [0.5, 0.6) is 0 Å². The van der Waals surface area contributed by atoms with Gasteiger partial charge in [0.15, 0.2) is 0 Å². The van der Waals surface area contributed by atoms with Gasteiger partial charge in [0.1, 0.15) is 5.82 Å². The summed E-state index contributed by atoms with van der Waals surface area (Å²) in [7, 11) is 0. The lowest BCUT2D eigenvalue weighted by Crippen LogP contribution is -2.32. The second kappa shape index (κ2) is 6.47. The number of benzene rings is 1. The second-order valence-corrected chi connectivity index (χ2v) is 5.43. The molecule has 0 saturated heterocycles. The fourth-order valence-corrected chi connectivity index (χ4v) is 2.12. The summed E-state index contributed by atoms with van der Waals surface area (Å²) in [6.45, 7) is 5.37. The minimum absolute atomic E-state index is 0.267. The average molecular weight is 304 g/mol. The molecule has 0 aromatic heterocycles. The first kappa shape index (κ1) is 14.6. The van der Waals surface area contributed by atoms with Crippen molar-refractivity contribution in [3.05, 3.63) is 34.1 Å². The Kier molecular flexibility index (Phi) is 5.56. The highest BCUT2D eigenvalue weighted by Gasteiger charge is 2.22. The molecule has 0 aliphatic carbocycles. The van der Waals surface area contributed by atoms with Crippen LogP contribution in [0.1, 0.15) is 25.8 Å². The molecule has 2 N–H and O–H groups in total. The Balaban J connectivity index is 2.65. The SMILES string of the molecule is CCNCCC(C)(O)Cc1cc(Br)ccc1F. The Labute approximate surface area is 110 Å². The van der Waals surface area contributed by atoms with E-state index in [0.29, 0.717) is 18.4 Å². The maximum Gasteiger partial charge on any atom is 0.126 e. The van der Waals surface area contributed by atoms with Crippen LogP contribution in [0.3, 0.4) is 0 Å². The monoisotopic (exact) mass is 303 g/mol. The summed E-state index contributed by atoms with van der Waals surface area (Å²) in [4.78, 5) is 0. The van der Waals surface area contributed by atoms with E-state index in [0.717, 1.165) is 17.6 Å². The predicted molar refractivity (Wildman–Crippen MR) is 71.6 cm³/mol. The van der Waals surface area contributed by atoms with Crippen molar-refractivity contribution in [1.82, 2.24) is 5.32 Å². The molecule has 2 nitrogen and oxygen atoms in total. The van der Waals surface area contributed by atoms with Crippen molar-refractivity contribution in [2.45, 2.75) is 32.3 Å². The van der Waals surface area contributed by atoms with Crippen molar-refractivity contribution < 1.29 is 9.50 Å². The third kappa shape index (κ3) is 5.15. The van der Waals surface area contributed by atoms with Gasteiger partial charge in [-0.3, -0.25) is 0 Å². The molecular formula is C13H19BrFNO. The lowest BCUT2D eigenvalue weighted by molar-refractivity contribution is 0.0508. The Morgan fingerprint density at radius 2 is 2.18 bits per heavy atom. The maximum absolute atomic E-state index is 13.5. The van der Waals surface area contributed by atoms with E-state index < -0.39 is 5.60 Å². The third-order valence-electron chi connectivity index (χ3n) is 2.67. The van der Waals surface area contributed by atoms with Crippen LogP contribution in [-0.2, 0) is 6.42 Å². The molecule has 1 aromatic carbocycles. The highest BCUT2D eigenvalue weighted by Crippen LogP contribution is 2.22. The van der Waals surface area contributed by atoms with Crippen molar-refractivity contribution in [3.63, 3.8) is 0 Å². The Bertz CT molecular complexity index is 368. The molecule has 0 heterocycles. The summed E-state index contributed by atoms with van der Waals surface area (Å²) in [5.74, 6) is -0.267. The van der Waals surface area contributed by atoms with Crippen LogP contribution in [0, 0.1) is 5.82 Å². The summed E-state index contributed by atoms with van der Waals surface area (Å²) in [5, 5.41) is 13.3. The number of hydrogen-bond donors (Lipinski definition) is 2. The average Bonchev–Trinajstić information content (AvgIpc) is 2.23. The molecule has 0 aliphatic heterocycles. The second-order valence-electron chi connectivity index (χ2n) is 4.51. The number of halogens is 2. The van der Waals surface area contributed by atoms with E-state index in [1.807, 2.05) is 6.92 Å². The molecule has 4 heteroatoms. The zero-order chi connectivity index (χ0) is 12.9. The fourth-order valence-electron chi connectivity index (χ4n) is 1.71. The van der Waals surface area contributed by atoms with E-state index in [2.05, 4.69) is 21.2 Å². The molecule has 0 amide bonds. The molecule has 0 aliphatic rings. The third-order valence-corrected chi connectivity index (χ3v) is 3.16. The molecule has 0 saturated carbocycles. The Morgan fingerprint density at radius 1 is 1.47 bits per heavy atom. The normalized spacial score (nSPS) is 14.6. The molecule has 1 aromatic rings. The predicted octanol–water partition coefficient (Wildman–Crippen LogP) is 2.88. The molecule has 0 radical (unpaired) electrons. The van der Waals surface area contributed by atoms with Crippen LogP contribution in [0.2, 0.25) is 0 Å². The number of aliphatic hydroxyl groups is 1. The molecule has 96 valence electrons. The maximum atomic E-state index is 13.5. The summed E-state index contributed by atoms with van der Waals surface area (Å²) in [6, 6.07) is 4.79. The smallest absolute Gasteiger partial charge is 0.126 e. The summed E-state index contributed by atoms with van der Waals surface area (Å²) in [5.41, 5.74) is -0.343. The van der Waals surface area contributed by atoms with Crippen LogP contribution in [0.25, 0.3) is 0 Å². The molecule has 1 atom stereocenters. The highest BCUT2D eigenvalue weighted by molar-refractivity contribution is 9.10. The van der Waals surface area contributed by atoms with Crippen molar-refractivity contribution in [2.24, 2.45) is 0 Å². The van der Waals surface area contributed by atoms with E-state index in [1.54, 1.807) is 19.1 Å². The standard InChI is InChI=1S/C13H19BrFNO/c1-3-16-7-6-13(2,17)9-10-8-11(14)4-5-12(10)15/h4-5,8,16-17H,3,6-7,9H2,1-2H3. The van der Waals surface area contributed by atoms with E-state index in [1.165, 1.54) is 6.07 Å². The molecule has 1 unspecified atom stereocenters. The molecule has 1 rings (SSSR count). The molecule has 0 spiro atoms. The van der Waals surface area contributed by atoms with Crippen LogP contribution < -0.4 is 5.32 Å². The van der Waals surface area contributed by atoms with Crippen molar-refractivity contribution in [3.8, 4) is 0 Å². The zero-order valence-electron chi connectivity index (χ0n) is 10.3. The summed E-state index contributed by atoms with van der Waals surface area (Å²) in [6.07, 6.45) is 0.927.